The molecule has 0 saturated carbocycles. The van der Waals surface area contributed by atoms with Crippen molar-refractivity contribution >= 4 is 17.1 Å². The molecule has 0 radical (unpaired) electrons. The van der Waals surface area contributed by atoms with Gasteiger partial charge in [-0.25, -0.2) is 0 Å². The van der Waals surface area contributed by atoms with Crippen LogP contribution in [-0.4, -0.2) is 5.78 Å². The summed E-state index contributed by atoms with van der Waals surface area (Å²) in [5.74, 6) is 0.924. The predicted octanol–water partition coefficient (Wildman–Crippen LogP) is 3.26. The Labute approximate surface area is 97.9 Å². The number of thiophene rings is 1. The normalized spacial score (nSPS) is 14.0. The van der Waals surface area contributed by atoms with Crippen LogP contribution < -0.4 is 0 Å². The number of Topliss-reactive ketones (excluding diaryl/α,β-unsaturated/α-hetero) is 1. The minimum atomic E-state index is 0.175. The Balaban J connectivity index is 1.79. The van der Waals surface area contributed by atoms with Gasteiger partial charge in [-0.2, -0.15) is 0 Å². The molecule has 16 heavy (non-hydrogen) atoms. The summed E-state index contributed by atoms with van der Waals surface area (Å²) >= 11 is 1.66. The third-order valence-corrected chi connectivity index (χ3v) is 4.21. The molecule has 2 aromatic rings. The quantitative estimate of drug-likeness (QED) is 0.760. The Morgan fingerprint density at radius 3 is 3.12 bits per heavy atom. The fraction of sp³-hybridized carbons (Fsp3) is 0.308. The van der Waals surface area contributed by atoms with E-state index in [0.29, 0.717) is 6.42 Å². The summed E-state index contributed by atoms with van der Waals surface area (Å²) in [4.78, 5) is 14.3. The van der Waals surface area contributed by atoms with Gasteiger partial charge in [-0.05, 0) is 43.0 Å². The molecule has 82 valence electrons. The summed E-state index contributed by atoms with van der Waals surface area (Å²) in [6.45, 7) is 0. The highest BCUT2D eigenvalue weighted by Gasteiger charge is 2.18. The standard InChI is InChI=1S/C13H12O2S/c14-11(8-10-4-2-6-15-10)13-7-9-3-1-5-12(9)16-13/h2,4,6-7H,1,3,5,8H2. The molecule has 0 amide bonds. The fourth-order valence-corrected chi connectivity index (χ4v) is 3.32. The van der Waals surface area contributed by atoms with E-state index in [1.807, 2.05) is 12.1 Å². The molecule has 2 aromatic heterocycles. The van der Waals surface area contributed by atoms with Gasteiger partial charge >= 0.3 is 0 Å². The Bertz CT molecular complexity index is 487. The van der Waals surface area contributed by atoms with E-state index in [-0.39, 0.29) is 5.78 Å². The van der Waals surface area contributed by atoms with Crippen LogP contribution >= 0.6 is 11.3 Å². The Morgan fingerprint density at radius 2 is 2.38 bits per heavy atom. The van der Waals surface area contributed by atoms with Crippen molar-refractivity contribution in [2.75, 3.05) is 0 Å². The molecule has 3 rings (SSSR count). The van der Waals surface area contributed by atoms with Gasteiger partial charge in [0.2, 0.25) is 0 Å². The zero-order chi connectivity index (χ0) is 11.0. The molecular weight excluding hydrogens is 220 g/mol. The molecule has 0 unspecified atom stereocenters. The second-order valence-corrected chi connectivity index (χ2v) is 5.23. The average molecular weight is 232 g/mol. The second-order valence-electron chi connectivity index (χ2n) is 4.09. The number of rotatable bonds is 3. The summed E-state index contributed by atoms with van der Waals surface area (Å²) in [5, 5.41) is 0. The van der Waals surface area contributed by atoms with E-state index in [4.69, 9.17) is 4.42 Å². The van der Waals surface area contributed by atoms with Gasteiger partial charge in [-0.15, -0.1) is 11.3 Å². The van der Waals surface area contributed by atoms with Crippen molar-refractivity contribution in [3.05, 3.63) is 45.5 Å². The Hall–Kier alpha value is -1.35. The van der Waals surface area contributed by atoms with Crippen LogP contribution in [0, 0.1) is 0 Å². The molecule has 3 heteroatoms. The van der Waals surface area contributed by atoms with Crippen LogP contribution in [0.25, 0.3) is 0 Å². The third kappa shape index (κ3) is 1.71. The van der Waals surface area contributed by atoms with Crippen molar-refractivity contribution < 1.29 is 9.21 Å². The first-order chi connectivity index (χ1) is 7.83. The van der Waals surface area contributed by atoms with Crippen molar-refractivity contribution in [3.63, 3.8) is 0 Å². The molecule has 0 N–H and O–H groups in total. The smallest absolute Gasteiger partial charge is 0.180 e. The van der Waals surface area contributed by atoms with Crippen LogP contribution in [0.3, 0.4) is 0 Å². The van der Waals surface area contributed by atoms with E-state index in [9.17, 15) is 4.79 Å². The largest absolute Gasteiger partial charge is 0.469 e. The maximum absolute atomic E-state index is 12.0. The predicted molar refractivity (Wildman–Crippen MR) is 63.1 cm³/mol. The van der Waals surface area contributed by atoms with Crippen LogP contribution in [0.15, 0.2) is 28.9 Å². The van der Waals surface area contributed by atoms with Gasteiger partial charge in [0.25, 0.3) is 0 Å². The van der Waals surface area contributed by atoms with Crippen molar-refractivity contribution in [1.82, 2.24) is 0 Å². The number of hydrogen-bond acceptors (Lipinski definition) is 3. The van der Waals surface area contributed by atoms with Gasteiger partial charge in [0.15, 0.2) is 5.78 Å². The maximum Gasteiger partial charge on any atom is 0.180 e. The molecule has 0 fully saturated rings. The number of aryl methyl sites for hydroxylation is 2. The van der Waals surface area contributed by atoms with Gasteiger partial charge < -0.3 is 4.42 Å². The lowest BCUT2D eigenvalue weighted by Crippen LogP contribution is -1.99. The van der Waals surface area contributed by atoms with Crippen molar-refractivity contribution in [2.45, 2.75) is 25.7 Å². The summed E-state index contributed by atoms with van der Waals surface area (Å²) in [6.07, 6.45) is 5.52. The Morgan fingerprint density at radius 1 is 1.44 bits per heavy atom. The minimum absolute atomic E-state index is 0.175. The van der Waals surface area contributed by atoms with Crippen LogP contribution in [0.4, 0.5) is 0 Å². The van der Waals surface area contributed by atoms with E-state index >= 15 is 0 Å². The van der Waals surface area contributed by atoms with E-state index in [1.54, 1.807) is 17.6 Å². The van der Waals surface area contributed by atoms with Crippen LogP contribution in [0.5, 0.6) is 0 Å². The van der Waals surface area contributed by atoms with Gasteiger partial charge in [-0.1, -0.05) is 0 Å². The number of carbonyl (C=O) groups excluding carboxylic acids is 1. The summed E-state index contributed by atoms with van der Waals surface area (Å²) in [7, 11) is 0. The van der Waals surface area contributed by atoms with Crippen molar-refractivity contribution in [3.8, 4) is 0 Å². The summed E-state index contributed by atoms with van der Waals surface area (Å²) < 4.78 is 5.19. The number of furan rings is 1. The fourth-order valence-electron chi connectivity index (χ4n) is 2.12. The van der Waals surface area contributed by atoms with Gasteiger partial charge in [-0.3, -0.25) is 4.79 Å². The van der Waals surface area contributed by atoms with Crippen molar-refractivity contribution in [2.24, 2.45) is 0 Å². The second kappa shape index (κ2) is 3.91. The molecular formula is C13H12O2S. The van der Waals surface area contributed by atoms with E-state index in [0.717, 1.165) is 23.5 Å². The van der Waals surface area contributed by atoms with Crippen LogP contribution in [-0.2, 0) is 19.3 Å². The number of ketones is 1. The maximum atomic E-state index is 12.0. The molecule has 1 aliphatic rings. The minimum Gasteiger partial charge on any atom is -0.469 e. The molecule has 1 aliphatic carbocycles. The molecule has 0 bridgehead atoms. The first kappa shape index (κ1) is 9.85. The Kier molecular flexibility index (Phi) is 2.40. The lowest BCUT2D eigenvalue weighted by atomic mass is 10.2. The van der Waals surface area contributed by atoms with E-state index in [1.165, 1.54) is 16.9 Å². The van der Waals surface area contributed by atoms with Gasteiger partial charge in [0, 0.05) is 4.88 Å². The molecule has 0 atom stereocenters. The third-order valence-electron chi connectivity index (χ3n) is 2.94. The molecule has 0 aromatic carbocycles. The summed E-state index contributed by atoms with van der Waals surface area (Å²) in [5.41, 5.74) is 1.38. The molecule has 2 heterocycles. The molecule has 0 spiro atoms. The van der Waals surface area contributed by atoms with Crippen LogP contribution in [0.1, 0.15) is 32.3 Å². The zero-order valence-corrected chi connectivity index (χ0v) is 9.68. The molecule has 0 saturated heterocycles. The number of fused-ring (bicyclic) bond motifs is 1. The van der Waals surface area contributed by atoms with Gasteiger partial charge in [0.1, 0.15) is 5.76 Å². The lowest BCUT2D eigenvalue weighted by Gasteiger charge is -1.94. The van der Waals surface area contributed by atoms with E-state index in [2.05, 4.69) is 6.07 Å². The first-order valence-electron chi connectivity index (χ1n) is 5.50. The average Bonchev–Trinajstić information content (AvgIpc) is 2.91. The monoisotopic (exact) mass is 232 g/mol. The molecule has 0 aliphatic heterocycles. The van der Waals surface area contributed by atoms with Crippen LogP contribution in [0.2, 0.25) is 0 Å². The zero-order valence-electron chi connectivity index (χ0n) is 8.86. The summed E-state index contributed by atoms with van der Waals surface area (Å²) in [6, 6.07) is 5.73. The van der Waals surface area contributed by atoms with Crippen molar-refractivity contribution in [1.29, 1.82) is 0 Å². The van der Waals surface area contributed by atoms with E-state index < -0.39 is 0 Å². The SMILES string of the molecule is O=C(Cc1ccco1)c1cc2c(s1)CCC2. The highest BCUT2D eigenvalue weighted by Crippen LogP contribution is 2.31. The highest BCUT2D eigenvalue weighted by molar-refractivity contribution is 7.14. The highest BCUT2D eigenvalue weighted by atomic mass is 32.1. The number of carbonyl (C=O) groups is 1. The molecule has 2 nitrogen and oxygen atoms in total. The topological polar surface area (TPSA) is 30.2 Å². The first-order valence-corrected chi connectivity index (χ1v) is 6.32. The number of hydrogen-bond donors (Lipinski definition) is 0. The van der Waals surface area contributed by atoms with Gasteiger partial charge in [0.05, 0.1) is 17.6 Å². The lowest BCUT2D eigenvalue weighted by molar-refractivity contribution is 0.0991.